The van der Waals surface area contributed by atoms with Crippen molar-refractivity contribution in [3.05, 3.63) is 53.6 Å². The van der Waals surface area contributed by atoms with Crippen LogP contribution >= 0.6 is 0 Å². The lowest BCUT2D eigenvalue weighted by atomic mass is 10.2. The molecule has 2 N–H and O–H groups in total. The first-order valence-corrected chi connectivity index (χ1v) is 5.37. The standard InChI is InChI=1S/C13H8F5NO/c14-10-5-8(19)6-11(15)12(10)20-9-3-1-7(2-4-9)13(16,17)18/h1-6H,19H2. The zero-order valence-electron chi connectivity index (χ0n) is 9.84. The van der Waals surface area contributed by atoms with Gasteiger partial charge < -0.3 is 10.5 Å². The highest BCUT2D eigenvalue weighted by Crippen LogP contribution is 2.33. The van der Waals surface area contributed by atoms with Gasteiger partial charge in [-0.05, 0) is 24.3 Å². The van der Waals surface area contributed by atoms with Gasteiger partial charge in [0, 0.05) is 17.8 Å². The molecule has 0 heterocycles. The monoisotopic (exact) mass is 289 g/mol. The van der Waals surface area contributed by atoms with Crippen LogP contribution in [0.4, 0.5) is 27.6 Å². The predicted molar refractivity (Wildman–Crippen MR) is 62.3 cm³/mol. The summed E-state index contributed by atoms with van der Waals surface area (Å²) in [5, 5.41) is 0. The molecule has 0 bridgehead atoms. The van der Waals surface area contributed by atoms with E-state index in [4.69, 9.17) is 10.5 Å². The molecule has 0 aromatic heterocycles. The number of alkyl halides is 3. The molecule has 0 fully saturated rings. The number of rotatable bonds is 2. The number of ether oxygens (including phenoxy) is 1. The van der Waals surface area contributed by atoms with Crippen molar-refractivity contribution in [1.29, 1.82) is 0 Å². The van der Waals surface area contributed by atoms with Gasteiger partial charge in [-0.15, -0.1) is 0 Å². The van der Waals surface area contributed by atoms with E-state index in [0.29, 0.717) is 0 Å². The average molecular weight is 289 g/mol. The van der Waals surface area contributed by atoms with E-state index < -0.39 is 29.1 Å². The van der Waals surface area contributed by atoms with Crippen molar-refractivity contribution in [3.8, 4) is 11.5 Å². The van der Waals surface area contributed by atoms with Crippen LogP contribution in [0.1, 0.15) is 5.56 Å². The smallest absolute Gasteiger partial charge is 0.416 e. The van der Waals surface area contributed by atoms with Gasteiger partial charge in [0.05, 0.1) is 5.56 Å². The molecule has 0 atom stereocenters. The van der Waals surface area contributed by atoms with Gasteiger partial charge >= 0.3 is 6.18 Å². The van der Waals surface area contributed by atoms with E-state index in [0.717, 1.165) is 36.4 Å². The Kier molecular flexibility index (Phi) is 3.52. The van der Waals surface area contributed by atoms with Crippen molar-refractivity contribution >= 4 is 5.69 Å². The highest BCUT2D eigenvalue weighted by Gasteiger charge is 2.30. The van der Waals surface area contributed by atoms with Crippen LogP contribution in [0.5, 0.6) is 11.5 Å². The Bertz CT molecular complexity index is 599. The largest absolute Gasteiger partial charge is 0.451 e. The van der Waals surface area contributed by atoms with E-state index in [1.807, 2.05) is 0 Å². The maximum Gasteiger partial charge on any atom is 0.416 e. The van der Waals surface area contributed by atoms with E-state index in [9.17, 15) is 22.0 Å². The van der Waals surface area contributed by atoms with E-state index in [-0.39, 0.29) is 11.4 Å². The third-order valence-corrected chi connectivity index (χ3v) is 2.42. The van der Waals surface area contributed by atoms with Crippen molar-refractivity contribution in [2.45, 2.75) is 6.18 Å². The third-order valence-electron chi connectivity index (χ3n) is 2.42. The topological polar surface area (TPSA) is 35.2 Å². The van der Waals surface area contributed by atoms with Crippen LogP contribution in [0.25, 0.3) is 0 Å². The molecule has 7 heteroatoms. The van der Waals surface area contributed by atoms with Gasteiger partial charge in [0.2, 0.25) is 0 Å². The van der Waals surface area contributed by atoms with E-state index >= 15 is 0 Å². The first kappa shape index (κ1) is 14.1. The summed E-state index contributed by atoms with van der Waals surface area (Å²) in [5.41, 5.74) is 4.22. The fourth-order valence-corrected chi connectivity index (χ4v) is 1.51. The molecule has 0 aliphatic heterocycles. The molecule has 0 aliphatic carbocycles. The number of halogens is 5. The zero-order chi connectivity index (χ0) is 14.9. The highest BCUT2D eigenvalue weighted by molar-refractivity contribution is 5.45. The van der Waals surface area contributed by atoms with Crippen LogP contribution in [-0.2, 0) is 6.18 Å². The lowest BCUT2D eigenvalue weighted by Crippen LogP contribution is -2.04. The SMILES string of the molecule is Nc1cc(F)c(Oc2ccc(C(F)(F)F)cc2)c(F)c1. The van der Waals surface area contributed by atoms with Crippen LogP contribution in [-0.4, -0.2) is 0 Å². The molecule has 2 rings (SSSR count). The summed E-state index contributed by atoms with van der Waals surface area (Å²) in [6, 6.07) is 5.14. The summed E-state index contributed by atoms with van der Waals surface area (Å²) >= 11 is 0. The molecular weight excluding hydrogens is 281 g/mol. The van der Waals surface area contributed by atoms with Crippen molar-refractivity contribution < 1.29 is 26.7 Å². The molecule has 2 aromatic rings. The Balaban J connectivity index is 2.27. The minimum atomic E-state index is -4.49. The fraction of sp³-hybridized carbons (Fsp3) is 0.0769. The molecule has 20 heavy (non-hydrogen) atoms. The molecule has 0 radical (unpaired) electrons. The zero-order valence-corrected chi connectivity index (χ0v) is 9.84. The van der Waals surface area contributed by atoms with Crippen molar-refractivity contribution in [2.24, 2.45) is 0 Å². The molecule has 0 aliphatic rings. The van der Waals surface area contributed by atoms with E-state index in [1.54, 1.807) is 0 Å². The number of nitrogen functional groups attached to an aromatic ring is 1. The first-order valence-electron chi connectivity index (χ1n) is 5.37. The number of benzene rings is 2. The Hall–Kier alpha value is -2.31. The van der Waals surface area contributed by atoms with Crippen molar-refractivity contribution in [1.82, 2.24) is 0 Å². The van der Waals surface area contributed by atoms with Crippen LogP contribution in [0, 0.1) is 11.6 Å². The minimum absolute atomic E-state index is 0.124. The number of nitrogens with two attached hydrogens (primary N) is 1. The minimum Gasteiger partial charge on any atom is -0.451 e. The molecular formula is C13H8F5NO. The van der Waals surface area contributed by atoms with Crippen LogP contribution < -0.4 is 10.5 Å². The Labute approximate surface area is 110 Å². The Morgan fingerprint density at radius 1 is 0.900 bits per heavy atom. The molecule has 2 aromatic carbocycles. The lowest BCUT2D eigenvalue weighted by Gasteiger charge is -2.10. The third kappa shape index (κ3) is 2.98. The Morgan fingerprint density at radius 3 is 1.85 bits per heavy atom. The molecule has 0 unspecified atom stereocenters. The second-order valence-corrected chi connectivity index (χ2v) is 3.94. The highest BCUT2D eigenvalue weighted by atomic mass is 19.4. The maximum atomic E-state index is 13.4. The second kappa shape index (κ2) is 4.99. The summed E-state index contributed by atoms with van der Waals surface area (Å²) < 4.78 is 68.8. The average Bonchev–Trinajstić information content (AvgIpc) is 2.33. The molecule has 0 spiro atoms. The van der Waals surface area contributed by atoms with Gasteiger partial charge in [-0.2, -0.15) is 13.2 Å². The van der Waals surface area contributed by atoms with E-state index in [2.05, 4.69) is 0 Å². The summed E-state index contributed by atoms with van der Waals surface area (Å²) in [6.45, 7) is 0. The first-order chi connectivity index (χ1) is 9.27. The molecule has 0 saturated heterocycles. The Morgan fingerprint density at radius 2 is 1.40 bits per heavy atom. The van der Waals surface area contributed by atoms with Gasteiger partial charge in [-0.25, -0.2) is 8.78 Å². The molecule has 106 valence electrons. The summed E-state index contributed by atoms with van der Waals surface area (Å²) in [5.74, 6) is -2.93. The van der Waals surface area contributed by atoms with Gasteiger partial charge in [0.25, 0.3) is 0 Å². The number of anilines is 1. The lowest BCUT2D eigenvalue weighted by molar-refractivity contribution is -0.137. The second-order valence-electron chi connectivity index (χ2n) is 3.94. The van der Waals surface area contributed by atoms with Gasteiger partial charge in [-0.1, -0.05) is 0 Å². The van der Waals surface area contributed by atoms with Gasteiger partial charge in [0.15, 0.2) is 17.4 Å². The predicted octanol–water partition coefficient (Wildman–Crippen LogP) is 4.36. The summed E-state index contributed by atoms with van der Waals surface area (Å²) in [4.78, 5) is 0. The van der Waals surface area contributed by atoms with Crippen LogP contribution in [0.15, 0.2) is 36.4 Å². The maximum absolute atomic E-state index is 13.4. The van der Waals surface area contributed by atoms with Crippen LogP contribution in [0.3, 0.4) is 0 Å². The molecule has 0 saturated carbocycles. The fourth-order valence-electron chi connectivity index (χ4n) is 1.51. The van der Waals surface area contributed by atoms with E-state index in [1.165, 1.54) is 0 Å². The quantitative estimate of drug-likeness (QED) is 0.658. The van der Waals surface area contributed by atoms with Gasteiger partial charge in [-0.3, -0.25) is 0 Å². The molecule has 0 amide bonds. The molecule has 2 nitrogen and oxygen atoms in total. The van der Waals surface area contributed by atoms with Crippen molar-refractivity contribution in [3.63, 3.8) is 0 Å². The number of hydrogen-bond acceptors (Lipinski definition) is 2. The van der Waals surface area contributed by atoms with Gasteiger partial charge in [0.1, 0.15) is 5.75 Å². The summed E-state index contributed by atoms with van der Waals surface area (Å²) in [7, 11) is 0. The number of hydrogen-bond donors (Lipinski definition) is 1. The van der Waals surface area contributed by atoms with Crippen molar-refractivity contribution in [2.75, 3.05) is 5.73 Å². The normalized spacial score (nSPS) is 11.4. The summed E-state index contributed by atoms with van der Waals surface area (Å²) in [6.07, 6.45) is -4.49. The van der Waals surface area contributed by atoms with Crippen LogP contribution in [0.2, 0.25) is 0 Å².